The fourth-order valence-corrected chi connectivity index (χ4v) is 2.01. The molecule has 0 spiro atoms. The molecule has 0 saturated heterocycles. The van der Waals surface area contributed by atoms with Gasteiger partial charge in [-0.2, -0.15) is 0 Å². The van der Waals surface area contributed by atoms with Crippen LogP contribution in [0.1, 0.15) is 25.2 Å². The lowest BCUT2D eigenvalue weighted by Crippen LogP contribution is -1.95. The van der Waals surface area contributed by atoms with Gasteiger partial charge in [-0.05, 0) is 31.0 Å². The number of aryl methyl sites for hydroxylation is 1. The van der Waals surface area contributed by atoms with Gasteiger partial charge in [0.05, 0.1) is 5.56 Å². The smallest absolute Gasteiger partial charge is 0.303 e. The highest BCUT2D eigenvalue weighted by molar-refractivity contribution is 9.10. The van der Waals surface area contributed by atoms with Crippen LogP contribution in [0.4, 0.5) is 4.39 Å². The van der Waals surface area contributed by atoms with E-state index in [1.807, 2.05) is 0 Å². The molecule has 0 radical (unpaired) electrons. The molecule has 0 saturated carbocycles. The zero-order valence-corrected chi connectivity index (χ0v) is 12.1. The van der Waals surface area contributed by atoms with E-state index in [9.17, 15) is 9.18 Å². The van der Waals surface area contributed by atoms with Crippen molar-refractivity contribution in [3.8, 4) is 11.5 Å². The molecule has 0 bridgehead atoms. The number of benzene rings is 1. The first-order chi connectivity index (χ1) is 9.56. The van der Waals surface area contributed by atoms with Crippen molar-refractivity contribution in [1.82, 2.24) is 10.2 Å². The Kier molecular flexibility index (Phi) is 4.84. The summed E-state index contributed by atoms with van der Waals surface area (Å²) in [6.45, 7) is 0. The van der Waals surface area contributed by atoms with E-state index in [0.29, 0.717) is 29.6 Å². The fourth-order valence-electron chi connectivity index (χ4n) is 1.68. The third-order valence-electron chi connectivity index (χ3n) is 2.66. The zero-order valence-electron chi connectivity index (χ0n) is 10.5. The van der Waals surface area contributed by atoms with E-state index in [1.54, 1.807) is 12.1 Å². The standard InChI is InChI=1S/C13H12BrFN2O3/c14-8-5-6-9(10(15)7-8)13-17-16-11(20-13)3-1-2-4-12(18)19/h5-7H,1-4H2,(H,18,19). The van der Waals surface area contributed by atoms with E-state index in [2.05, 4.69) is 26.1 Å². The minimum atomic E-state index is -0.826. The minimum Gasteiger partial charge on any atom is -0.481 e. The summed E-state index contributed by atoms with van der Waals surface area (Å²) in [5, 5.41) is 16.2. The van der Waals surface area contributed by atoms with Crippen molar-refractivity contribution in [2.24, 2.45) is 0 Å². The summed E-state index contributed by atoms with van der Waals surface area (Å²) in [6, 6.07) is 4.57. The van der Waals surface area contributed by atoms with Crippen LogP contribution in [0.5, 0.6) is 0 Å². The molecular weight excluding hydrogens is 331 g/mol. The van der Waals surface area contributed by atoms with Crippen molar-refractivity contribution in [2.45, 2.75) is 25.7 Å². The second kappa shape index (κ2) is 6.60. The van der Waals surface area contributed by atoms with Crippen LogP contribution in [0.15, 0.2) is 27.1 Å². The van der Waals surface area contributed by atoms with Gasteiger partial charge in [0, 0.05) is 17.3 Å². The van der Waals surface area contributed by atoms with E-state index < -0.39 is 11.8 Å². The second-order valence-electron chi connectivity index (χ2n) is 4.23. The summed E-state index contributed by atoms with van der Waals surface area (Å²) in [5.41, 5.74) is 0.248. The molecule has 7 heteroatoms. The molecule has 0 aliphatic carbocycles. The predicted molar refractivity (Wildman–Crippen MR) is 72.6 cm³/mol. The fraction of sp³-hybridized carbons (Fsp3) is 0.308. The number of carboxylic acid groups (broad SMARTS) is 1. The van der Waals surface area contributed by atoms with Gasteiger partial charge < -0.3 is 9.52 Å². The number of hydrogen-bond donors (Lipinski definition) is 1. The molecule has 1 aromatic heterocycles. The van der Waals surface area contributed by atoms with Crippen molar-refractivity contribution in [3.63, 3.8) is 0 Å². The number of carboxylic acids is 1. The molecule has 2 rings (SSSR count). The van der Waals surface area contributed by atoms with Crippen molar-refractivity contribution >= 4 is 21.9 Å². The van der Waals surface area contributed by atoms with Crippen LogP contribution in [0.3, 0.4) is 0 Å². The lowest BCUT2D eigenvalue weighted by molar-refractivity contribution is -0.137. The summed E-state index contributed by atoms with van der Waals surface area (Å²) in [6.07, 6.45) is 1.78. The van der Waals surface area contributed by atoms with Crippen LogP contribution in [-0.4, -0.2) is 21.3 Å². The number of aromatic nitrogens is 2. The van der Waals surface area contributed by atoms with E-state index in [4.69, 9.17) is 9.52 Å². The van der Waals surface area contributed by atoms with Gasteiger partial charge in [0.25, 0.3) is 5.89 Å². The molecule has 0 aliphatic rings. The first kappa shape index (κ1) is 14.6. The quantitative estimate of drug-likeness (QED) is 0.813. The molecule has 0 aliphatic heterocycles. The average molecular weight is 343 g/mol. The molecule has 2 aromatic rings. The first-order valence-corrected chi connectivity index (χ1v) is 6.85. The predicted octanol–water partition coefficient (Wildman–Crippen LogP) is 3.44. The normalized spacial score (nSPS) is 10.7. The number of unbranched alkanes of at least 4 members (excludes halogenated alkanes) is 1. The number of hydrogen-bond acceptors (Lipinski definition) is 4. The Hall–Kier alpha value is -1.76. The van der Waals surface area contributed by atoms with Crippen LogP contribution >= 0.6 is 15.9 Å². The first-order valence-electron chi connectivity index (χ1n) is 6.06. The summed E-state index contributed by atoms with van der Waals surface area (Å²) >= 11 is 3.17. The molecule has 1 N–H and O–H groups in total. The van der Waals surface area contributed by atoms with Gasteiger partial charge in [0.15, 0.2) is 0 Å². The number of halogens is 2. The third-order valence-corrected chi connectivity index (χ3v) is 3.15. The molecule has 20 heavy (non-hydrogen) atoms. The summed E-state index contributed by atoms with van der Waals surface area (Å²) in [5.74, 6) is -0.760. The van der Waals surface area contributed by atoms with Gasteiger partial charge in [-0.25, -0.2) is 4.39 Å². The molecule has 1 aromatic carbocycles. The Labute approximate surface area is 123 Å². The lowest BCUT2D eigenvalue weighted by Gasteiger charge is -1.98. The van der Waals surface area contributed by atoms with E-state index in [1.165, 1.54) is 6.07 Å². The highest BCUT2D eigenvalue weighted by atomic mass is 79.9. The summed E-state index contributed by atoms with van der Waals surface area (Å²) in [4.78, 5) is 10.4. The second-order valence-corrected chi connectivity index (χ2v) is 5.14. The van der Waals surface area contributed by atoms with Gasteiger partial charge in [-0.15, -0.1) is 10.2 Å². The van der Waals surface area contributed by atoms with Crippen molar-refractivity contribution < 1.29 is 18.7 Å². The monoisotopic (exact) mass is 342 g/mol. The molecule has 0 unspecified atom stereocenters. The maximum absolute atomic E-state index is 13.7. The number of carbonyl (C=O) groups is 1. The van der Waals surface area contributed by atoms with E-state index in [-0.39, 0.29) is 17.9 Å². The van der Waals surface area contributed by atoms with Crippen LogP contribution in [-0.2, 0) is 11.2 Å². The van der Waals surface area contributed by atoms with Gasteiger partial charge in [0.1, 0.15) is 5.82 Å². The molecule has 1 heterocycles. The Morgan fingerprint density at radius 1 is 1.35 bits per heavy atom. The van der Waals surface area contributed by atoms with Gasteiger partial charge in [-0.1, -0.05) is 15.9 Å². The molecule has 0 amide bonds. The number of nitrogens with zero attached hydrogens (tertiary/aromatic N) is 2. The van der Waals surface area contributed by atoms with Crippen LogP contribution in [0.2, 0.25) is 0 Å². The van der Waals surface area contributed by atoms with Crippen LogP contribution < -0.4 is 0 Å². The van der Waals surface area contributed by atoms with Gasteiger partial charge in [0.2, 0.25) is 5.89 Å². The Morgan fingerprint density at radius 3 is 2.85 bits per heavy atom. The molecule has 0 fully saturated rings. The highest BCUT2D eigenvalue weighted by Gasteiger charge is 2.13. The molecule has 106 valence electrons. The zero-order chi connectivity index (χ0) is 14.5. The lowest BCUT2D eigenvalue weighted by atomic mass is 10.2. The number of aliphatic carboxylic acids is 1. The van der Waals surface area contributed by atoms with Crippen LogP contribution in [0, 0.1) is 5.82 Å². The van der Waals surface area contributed by atoms with Crippen molar-refractivity contribution in [3.05, 3.63) is 34.4 Å². The van der Waals surface area contributed by atoms with E-state index in [0.717, 1.165) is 0 Å². The van der Waals surface area contributed by atoms with Crippen LogP contribution in [0.25, 0.3) is 11.5 Å². The van der Waals surface area contributed by atoms with Crippen molar-refractivity contribution in [2.75, 3.05) is 0 Å². The van der Waals surface area contributed by atoms with Gasteiger partial charge in [-0.3, -0.25) is 4.79 Å². The van der Waals surface area contributed by atoms with Gasteiger partial charge >= 0.3 is 5.97 Å². The maximum Gasteiger partial charge on any atom is 0.303 e. The molecule has 0 atom stereocenters. The maximum atomic E-state index is 13.7. The van der Waals surface area contributed by atoms with Crippen molar-refractivity contribution in [1.29, 1.82) is 0 Å². The highest BCUT2D eigenvalue weighted by Crippen LogP contribution is 2.24. The molecule has 5 nitrogen and oxygen atoms in total. The van der Waals surface area contributed by atoms with E-state index >= 15 is 0 Å². The third kappa shape index (κ3) is 3.86. The summed E-state index contributed by atoms with van der Waals surface area (Å²) < 4.78 is 19.7. The largest absolute Gasteiger partial charge is 0.481 e. The number of rotatable bonds is 6. The summed E-state index contributed by atoms with van der Waals surface area (Å²) in [7, 11) is 0. The average Bonchev–Trinajstić information content (AvgIpc) is 2.83. The minimum absolute atomic E-state index is 0.113. The SMILES string of the molecule is O=C(O)CCCCc1nnc(-c2ccc(Br)cc2F)o1. The Balaban J connectivity index is 1.99. The Morgan fingerprint density at radius 2 is 2.15 bits per heavy atom. The topological polar surface area (TPSA) is 76.2 Å². The Bertz CT molecular complexity index is 615. The molecular formula is C13H12BrFN2O3.